The van der Waals surface area contributed by atoms with Crippen LogP contribution in [0.1, 0.15) is 67.6 Å². The van der Waals surface area contributed by atoms with E-state index >= 15 is 0 Å². The molecule has 5 heteroatoms. The molecule has 0 N–H and O–H groups in total. The predicted molar refractivity (Wildman–Crippen MR) is 159 cm³/mol. The molecule has 3 aromatic carbocycles. The van der Waals surface area contributed by atoms with Gasteiger partial charge in [0.05, 0.1) is 6.61 Å². The highest BCUT2D eigenvalue weighted by atomic mass is 16.5. The Morgan fingerprint density at radius 2 is 1.46 bits per heavy atom. The lowest BCUT2D eigenvalue weighted by Crippen LogP contribution is -2.22. The third-order valence-corrected chi connectivity index (χ3v) is 6.54. The van der Waals surface area contributed by atoms with Crippen molar-refractivity contribution in [2.75, 3.05) is 33.9 Å². The first-order valence-electron chi connectivity index (χ1n) is 13.9. The number of likely N-dealkylation sites (N-methyl/N-ethyl adjacent to an activating group) is 1. The van der Waals surface area contributed by atoms with Crippen LogP contribution in [0, 0.1) is 0 Å². The van der Waals surface area contributed by atoms with Crippen LogP contribution in [0.5, 0.6) is 17.2 Å². The Hall–Kier alpha value is -3.57. The minimum Gasteiger partial charge on any atom is -0.494 e. The second-order valence-electron chi connectivity index (χ2n) is 11.3. The van der Waals surface area contributed by atoms with Gasteiger partial charge in [0.25, 0.3) is 0 Å². The fraction of sp³-hybridized carbons (Fsp3) is 0.382. The topological polar surface area (TPSA) is 48.0 Å². The van der Waals surface area contributed by atoms with Gasteiger partial charge in [0.15, 0.2) is 5.78 Å². The monoisotopic (exact) mass is 527 g/mol. The van der Waals surface area contributed by atoms with E-state index in [0.717, 1.165) is 70.9 Å². The molecule has 4 rings (SSSR count). The van der Waals surface area contributed by atoms with Crippen LogP contribution < -0.4 is 14.2 Å². The normalized spacial score (nSPS) is 13.3. The second-order valence-corrected chi connectivity index (χ2v) is 11.3. The SMILES string of the molecule is CCCOc1ccc2c(c1)CCC(c1ccc(OC(C)(C)C)cc1)=C2C(=O)c1ccc(OCCN(C)C)cc1. The predicted octanol–water partition coefficient (Wildman–Crippen LogP) is 7.33. The third kappa shape index (κ3) is 7.51. The maximum atomic E-state index is 14.1. The molecule has 3 aromatic rings. The first-order chi connectivity index (χ1) is 18.6. The van der Waals surface area contributed by atoms with Gasteiger partial charge in [-0.15, -0.1) is 0 Å². The van der Waals surface area contributed by atoms with Gasteiger partial charge in [0.1, 0.15) is 29.5 Å². The van der Waals surface area contributed by atoms with Crippen molar-refractivity contribution in [2.45, 2.75) is 52.6 Å². The zero-order chi connectivity index (χ0) is 28.0. The fourth-order valence-corrected chi connectivity index (χ4v) is 4.70. The molecule has 0 saturated heterocycles. The average molecular weight is 528 g/mol. The number of hydrogen-bond acceptors (Lipinski definition) is 5. The van der Waals surface area contributed by atoms with E-state index < -0.39 is 0 Å². The number of benzene rings is 3. The first kappa shape index (κ1) is 28.4. The summed E-state index contributed by atoms with van der Waals surface area (Å²) in [6.07, 6.45) is 2.58. The summed E-state index contributed by atoms with van der Waals surface area (Å²) in [5.41, 5.74) is 5.35. The van der Waals surface area contributed by atoms with E-state index in [-0.39, 0.29) is 11.4 Å². The summed E-state index contributed by atoms with van der Waals surface area (Å²) >= 11 is 0. The van der Waals surface area contributed by atoms with Crippen LogP contribution in [0.4, 0.5) is 0 Å². The van der Waals surface area contributed by atoms with Crippen molar-refractivity contribution in [1.82, 2.24) is 4.90 Å². The molecule has 206 valence electrons. The van der Waals surface area contributed by atoms with E-state index in [2.05, 4.69) is 30.0 Å². The highest BCUT2D eigenvalue weighted by Gasteiger charge is 2.27. The summed E-state index contributed by atoms with van der Waals surface area (Å²) in [5, 5.41) is 0. The minimum atomic E-state index is -0.272. The van der Waals surface area contributed by atoms with E-state index in [4.69, 9.17) is 14.2 Å². The molecule has 39 heavy (non-hydrogen) atoms. The molecular weight excluding hydrogens is 486 g/mol. The molecule has 5 nitrogen and oxygen atoms in total. The molecule has 0 spiro atoms. The fourth-order valence-electron chi connectivity index (χ4n) is 4.70. The third-order valence-electron chi connectivity index (χ3n) is 6.54. The van der Waals surface area contributed by atoms with Gasteiger partial charge < -0.3 is 19.1 Å². The van der Waals surface area contributed by atoms with Crippen LogP contribution in [0.2, 0.25) is 0 Å². The lowest BCUT2D eigenvalue weighted by molar-refractivity contribution is 0.105. The number of ketones is 1. The minimum absolute atomic E-state index is 0.0167. The number of aryl methyl sites for hydroxylation is 1. The van der Waals surface area contributed by atoms with E-state index in [0.29, 0.717) is 18.8 Å². The standard InChI is InChI=1S/C34H41NO4/c1-7-21-37-29-17-19-31-26(23-29)12-18-30(24-8-15-28(16-9-24)39-34(2,3)4)32(31)33(36)25-10-13-27(14-11-25)38-22-20-35(5)6/h8-11,13-17,19,23H,7,12,18,20-22H2,1-6H3. The Bertz CT molecular complexity index is 1300. The molecule has 0 radical (unpaired) electrons. The number of rotatable bonds is 11. The van der Waals surface area contributed by atoms with E-state index in [1.807, 2.05) is 83.4 Å². The van der Waals surface area contributed by atoms with Gasteiger partial charge >= 0.3 is 0 Å². The molecule has 0 saturated carbocycles. The Balaban J connectivity index is 1.70. The highest BCUT2D eigenvalue weighted by molar-refractivity contribution is 6.35. The summed E-state index contributed by atoms with van der Waals surface area (Å²) in [6.45, 7) is 10.3. The molecule has 0 amide bonds. The molecule has 0 heterocycles. The number of nitrogens with zero attached hydrogens (tertiary/aromatic N) is 1. The highest BCUT2D eigenvalue weighted by Crippen LogP contribution is 2.40. The molecule has 0 bridgehead atoms. The Morgan fingerprint density at radius 3 is 2.10 bits per heavy atom. The van der Waals surface area contributed by atoms with Crippen LogP contribution in [0.25, 0.3) is 11.1 Å². The van der Waals surface area contributed by atoms with Crippen molar-refractivity contribution in [3.63, 3.8) is 0 Å². The van der Waals surface area contributed by atoms with Crippen LogP contribution in [0.3, 0.4) is 0 Å². The van der Waals surface area contributed by atoms with E-state index in [1.165, 1.54) is 0 Å². The molecule has 0 atom stereocenters. The quantitative estimate of drug-likeness (QED) is 0.244. The molecule has 0 aromatic heterocycles. The van der Waals surface area contributed by atoms with Crippen LogP contribution >= 0.6 is 0 Å². The average Bonchev–Trinajstić information content (AvgIpc) is 2.90. The molecule has 0 unspecified atom stereocenters. The second kappa shape index (κ2) is 12.5. The Morgan fingerprint density at radius 1 is 0.821 bits per heavy atom. The van der Waals surface area contributed by atoms with Crippen molar-refractivity contribution >= 4 is 16.9 Å². The number of Topliss-reactive ketones (excluding diaryl/α,β-unsaturated/α-hetero) is 1. The van der Waals surface area contributed by atoms with Gasteiger partial charge in [-0.05, 0) is 125 Å². The maximum Gasteiger partial charge on any atom is 0.193 e. The van der Waals surface area contributed by atoms with Crippen molar-refractivity contribution in [2.24, 2.45) is 0 Å². The van der Waals surface area contributed by atoms with E-state index in [9.17, 15) is 4.79 Å². The smallest absolute Gasteiger partial charge is 0.193 e. The summed E-state index contributed by atoms with van der Waals surface area (Å²) in [7, 11) is 4.03. The summed E-state index contributed by atoms with van der Waals surface area (Å²) in [5.74, 6) is 2.45. The van der Waals surface area contributed by atoms with Gasteiger partial charge in [-0.2, -0.15) is 0 Å². The molecular formula is C34H41NO4. The summed E-state index contributed by atoms with van der Waals surface area (Å²) in [4.78, 5) is 16.2. The van der Waals surface area contributed by atoms with Gasteiger partial charge in [-0.3, -0.25) is 4.79 Å². The molecule has 1 aliphatic carbocycles. The molecule has 0 aliphatic heterocycles. The van der Waals surface area contributed by atoms with E-state index in [1.54, 1.807) is 0 Å². The number of allylic oxidation sites excluding steroid dienone is 2. The number of carbonyl (C=O) groups is 1. The van der Waals surface area contributed by atoms with Crippen molar-refractivity contribution in [3.8, 4) is 17.2 Å². The van der Waals surface area contributed by atoms with Gasteiger partial charge in [-0.1, -0.05) is 25.1 Å². The maximum absolute atomic E-state index is 14.1. The van der Waals surface area contributed by atoms with Crippen molar-refractivity contribution < 1.29 is 19.0 Å². The number of fused-ring (bicyclic) bond motifs is 1. The summed E-state index contributed by atoms with van der Waals surface area (Å²) < 4.78 is 17.8. The van der Waals surface area contributed by atoms with Gasteiger partial charge in [-0.25, -0.2) is 0 Å². The van der Waals surface area contributed by atoms with Gasteiger partial charge in [0.2, 0.25) is 0 Å². The van der Waals surface area contributed by atoms with Crippen molar-refractivity contribution in [1.29, 1.82) is 0 Å². The number of hydrogen-bond donors (Lipinski definition) is 0. The largest absolute Gasteiger partial charge is 0.494 e. The van der Waals surface area contributed by atoms with Crippen LogP contribution in [0.15, 0.2) is 66.7 Å². The van der Waals surface area contributed by atoms with Gasteiger partial charge in [0, 0.05) is 17.7 Å². The zero-order valence-electron chi connectivity index (χ0n) is 24.2. The molecule has 1 aliphatic rings. The number of ether oxygens (including phenoxy) is 3. The lowest BCUT2D eigenvalue weighted by atomic mass is 9.79. The Kier molecular flexibility index (Phi) is 9.13. The lowest BCUT2D eigenvalue weighted by Gasteiger charge is -2.25. The summed E-state index contributed by atoms with van der Waals surface area (Å²) in [6, 6.07) is 21.7. The zero-order valence-corrected chi connectivity index (χ0v) is 24.2. The number of carbonyl (C=O) groups excluding carboxylic acids is 1. The molecule has 0 fully saturated rings. The van der Waals surface area contributed by atoms with Crippen LogP contribution in [-0.4, -0.2) is 50.1 Å². The van der Waals surface area contributed by atoms with Crippen LogP contribution in [-0.2, 0) is 6.42 Å². The first-order valence-corrected chi connectivity index (χ1v) is 13.9. The Labute approximate surface area is 233 Å². The van der Waals surface area contributed by atoms with Crippen molar-refractivity contribution in [3.05, 3.63) is 89.0 Å².